The second kappa shape index (κ2) is 26.3. The molecule has 3 aliphatic carbocycles. The molecular weight excluding hydrogens is 1130 g/mol. The van der Waals surface area contributed by atoms with Crippen molar-refractivity contribution in [1.29, 1.82) is 0 Å². The van der Waals surface area contributed by atoms with Crippen molar-refractivity contribution < 1.29 is 73.6 Å². The van der Waals surface area contributed by atoms with Gasteiger partial charge in [0, 0.05) is 79.1 Å². The zero-order valence-electron chi connectivity index (χ0n) is 48.1. The molecule has 4 bridgehead atoms. The summed E-state index contributed by atoms with van der Waals surface area (Å²) in [5, 5.41) is 23.9. The molecule has 6 atom stereocenters. The van der Waals surface area contributed by atoms with E-state index in [-0.39, 0.29) is 29.4 Å². The highest BCUT2D eigenvalue weighted by molar-refractivity contribution is 5.87. The number of aliphatic hydroxyl groups excluding tert-OH is 1. The van der Waals surface area contributed by atoms with Gasteiger partial charge in [0.2, 0.25) is 17.8 Å². The van der Waals surface area contributed by atoms with Crippen molar-refractivity contribution in [2.75, 3.05) is 65.2 Å². The molecule has 1 aromatic heterocycles. The number of hydrogen-bond donors (Lipinski definition) is 8. The monoisotopic (exact) mass is 1210 g/mol. The Bertz CT molecular complexity index is 2920. The maximum absolute atomic E-state index is 15.9. The predicted molar refractivity (Wildman–Crippen MR) is 295 cm³/mol. The van der Waals surface area contributed by atoms with Crippen LogP contribution in [0.3, 0.4) is 0 Å². The van der Waals surface area contributed by atoms with Crippen LogP contribution in [-0.4, -0.2) is 169 Å². The van der Waals surface area contributed by atoms with E-state index in [1.165, 1.54) is 6.20 Å². The predicted octanol–water partition coefficient (Wildman–Crippen LogP) is 5.40. The number of hydrogen-bond acceptors (Lipinski definition) is 16. The van der Waals surface area contributed by atoms with Crippen LogP contribution >= 0.6 is 0 Å². The lowest BCUT2D eigenvalue weighted by Crippen LogP contribution is -2.65. The molecule has 4 heterocycles. The molecule has 28 heteroatoms. The number of ether oxygens (including phenoxy) is 3. The summed E-state index contributed by atoms with van der Waals surface area (Å²) < 4.78 is 133. The quantitative estimate of drug-likeness (QED) is 0.0355. The Morgan fingerprint density at radius 3 is 1.84 bits per heavy atom. The van der Waals surface area contributed by atoms with Crippen LogP contribution in [0.1, 0.15) is 87.6 Å². The second-order valence-corrected chi connectivity index (χ2v) is 23.6. The average molecular weight is 1210 g/mol. The third-order valence-corrected chi connectivity index (χ3v) is 17.0. The molecule has 2 unspecified atom stereocenters. The van der Waals surface area contributed by atoms with Gasteiger partial charge in [-0.15, -0.1) is 0 Å². The van der Waals surface area contributed by atoms with Crippen LogP contribution in [0.15, 0.2) is 55.0 Å². The van der Waals surface area contributed by atoms with E-state index in [0.29, 0.717) is 74.4 Å². The number of carbonyl (C=O) groups is 4. The maximum Gasteiger partial charge on any atom is 0.407 e. The fourth-order valence-corrected chi connectivity index (χ4v) is 11.3. The van der Waals surface area contributed by atoms with Gasteiger partial charge in [0.15, 0.2) is 0 Å². The van der Waals surface area contributed by atoms with Gasteiger partial charge in [0.25, 0.3) is 0 Å². The summed E-state index contributed by atoms with van der Waals surface area (Å²) in [7, 11) is 1.73. The number of piperazine rings is 1. The van der Waals surface area contributed by atoms with Crippen molar-refractivity contribution in [3.05, 3.63) is 94.4 Å². The molecule has 6 fully saturated rings. The van der Waals surface area contributed by atoms with Crippen molar-refractivity contribution in [3.8, 4) is 11.8 Å². The number of alkyl carbamates (subject to hydrolysis) is 2. The molecule has 3 saturated heterocycles. The molecule has 4 amide bonds. The Kier molecular flexibility index (Phi) is 20.2. The van der Waals surface area contributed by atoms with Gasteiger partial charge in [0.05, 0.1) is 74.4 Å². The van der Waals surface area contributed by atoms with E-state index in [9.17, 15) is 50.6 Å². The fraction of sp³-hybridized carbons (Fsp3) is 0.579. The summed E-state index contributed by atoms with van der Waals surface area (Å²) in [5.41, 5.74) is 1.20. The van der Waals surface area contributed by atoms with E-state index >= 15 is 8.78 Å². The molecular formula is C57H74F8N12O8. The Morgan fingerprint density at radius 2 is 1.35 bits per heavy atom. The first kappa shape index (κ1) is 65.5. The summed E-state index contributed by atoms with van der Waals surface area (Å²) in [4.78, 5) is 67.7. The summed E-state index contributed by atoms with van der Waals surface area (Å²) in [5.74, 6) is 2.37. The second-order valence-electron chi connectivity index (χ2n) is 23.6. The minimum Gasteiger partial charge on any atom is -0.453 e. The normalized spacial score (nSPS) is 21.9. The molecule has 6 aliphatic rings. The zero-order valence-corrected chi connectivity index (χ0v) is 48.1. The molecule has 466 valence electrons. The van der Waals surface area contributed by atoms with E-state index in [2.05, 4.69) is 57.0 Å². The average Bonchev–Trinajstić information content (AvgIpc) is 1.50. The van der Waals surface area contributed by atoms with Crippen LogP contribution in [-0.2, 0) is 36.6 Å². The molecule has 11 N–H and O–H groups in total. The van der Waals surface area contributed by atoms with Gasteiger partial charge < -0.3 is 62.7 Å². The van der Waals surface area contributed by atoms with Gasteiger partial charge in [-0.2, -0.15) is 26.3 Å². The third kappa shape index (κ3) is 15.0. The highest BCUT2D eigenvalue weighted by Gasteiger charge is 2.58. The Balaban J connectivity index is 0.0000104. The van der Waals surface area contributed by atoms with Crippen molar-refractivity contribution in [2.24, 2.45) is 22.5 Å². The van der Waals surface area contributed by atoms with Gasteiger partial charge in [-0.05, 0) is 108 Å². The summed E-state index contributed by atoms with van der Waals surface area (Å²) >= 11 is 0. The standard InChI is InChI=1S/C57H71F8N11O8.H3N/c1-53(2,56(60,61)62)46(72-51(80)82-5)48(78)69-31-74(16-15-40-41(58)18-36(19-42(40)59)43(66)25-70-55-20-35(21-55)22-55)28-45(77)44(71-49(79)47(73-52(81)83-6)54(3,4)57(63,64)65)17-33-10-7-32(8-11-33)9-12-34-23-67-50(68-24-34)75-26-37-13-14-38(27-75)76(37)39-29-84-30-39;/h7-8,10-11,18-19,23-25,35,37-39,44-47,70,77H,13-17,20-22,26-31,66H2,1-6H3,(H,69,78)(H,71,79)(H,72,80)(H,73,81);1H3/b43-25-;/t35?,37?,38?,44-,45-,46+,47+,55?;/m0./s1. The first-order valence-corrected chi connectivity index (χ1v) is 27.6. The smallest absolute Gasteiger partial charge is 0.407 e. The third-order valence-electron chi connectivity index (χ3n) is 17.0. The number of fused-ring (bicyclic) bond motifs is 2. The molecule has 3 aliphatic heterocycles. The summed E-state index contributed by atoms with van der Waals surface area (Å²) in [6.45, 7) is 3.78. The molecule has 3 saturated carbocycles. The van der Waals surface area contributed by atoms with Gasteiger partial charge in [-0.3, -0.25) is 19.4 Å². The lowest BCUT2D eigenvalue weighted by atomic mass is 9.50. The Morgan fingerprint density at radius 1 is 0.824 bits per heavy atom. The molecule has 3 aromatic rings. The molecule has 9 rings (SSSR count). The number of benzene rings is 2. The lowest BCUT2D eigenvalue weighted by Gasteiger charge is -2.62. The fourth-order valence-electron chi connectivity index (χ4n) is 11.3. The number of nitrogens with one attached hydrogen (secondary N) is 5. The van der Waals surface area contributed by atoms with Crippen LogP contribution in [0, 0.1) is 40.2 Å². The van der Waals surface area contributed by atoms with E-state index in [0.717, 1.165) is 89.7 Å². The molecule has 0 spiro atoms. The Hall–Kier alpha value is -7.06. The van der Waals surface area contributed by atoms with Crippen LogP contribution in [0.2, 0.25) is 0 Å². The number of rotatable bonds is 22. The highest BCUT2D eigenvalue weighted by atomic mass is 19.4. The summed E-state index contributed by atoms with van der Waals surface area (Å²) in [6.07, 6.45) is -5.90. The van der Waals surface area contributed by atoms with E-state index in [4.69, 9.17) is 10.5 Å². The highest BCUT2D eigenvalue weighted by Crippen LogP contribution is 2.57. The van der Waals surface area contributed by atoms with Crippen molar-refractivity contribution in [3.63, 3.8) is 0 Å². The molecule has 20 nitrogen and oxygen atoms in total. The van der Waals surface area contributed by atoms with Gasteiger partial charge in [0.1, 0.15) is 23.7 Å². The first-order chi connectivity index (χ1) is 39.5. The first-order valence-electron chi connectivity index (χ1n) is 27.6. The van der Waals surface area contributed by atoms with Crippen LogP contribution in [0.5, 0.6) is 0 Å². The van der Waals surface area contributed by atoms with E-state index in [1.54, 1.807) is 36.7 Å². The number of halogens is 8. The van der Waals surface area contributed by atoms with Crippen molar-refractivity contribution in [2.45, 2.75) is 133 Å². The Labute approximate surface area is 487 Å². The topological polar surface area (TPSA) is 273 Å². The minimum absolute atomic E-state index is 0. The SMILES string of the molecule is COC(=O)N[C@H](C(=O)NCN(CCc1c(F)cc(/C(N)=C/NC23CC(C2)C3)cc1F)C[C@H](O)[C@H](Cc1ccc(C#Cc2cnc(N3CC4CCC(C3)N4C3COC3)nc2)cc1)NC(=O)[C@@H](NC(=O)OC)C(C)(C)C(F)(F)F)C(C)(C)C(F)(F)F.N. The van der Waals surface area contributed by atoms with Gasteiger partial charge >= 0.3 is 24.5 Å². The van der Waals surface area contributed by atoms with E-state index < -0.39 is 115 Å². The van der Waals surface area contributed by atoms with Crippen LogP contribution in [0.25, 0.3) is 5.70 Å². The molecule has 85 heavy (non-hydrogen) atoms. The largest absolute Gasteiger partial charge is 0.453 e. The molecule has 0 radical (unpaired) electrons. The number of methoxy groups -OCH3 is 2. The van der Waals surface area contributed by atoms with Crippen LogP contribution in [0.4, 0.5) is 50.7 Å². The van der Waals surface area contributed by atoms with Crippen molar-refractivity contribution in [1.82, 2.24) is 52.5 Å². The van der Waals surface area contributed by atoms with Gasteiger partial charge in [-0.25, -0.2) is 28.3 Å². The van der Waals surface area contributed by atoms with Crippen LogP contribution < -0.4 is 43.4 Å². The number of aliphatic hydroxyl groups is 1. The van der Waals surface area contributed by atoms with Crippen molar-refractivity contribution >= 4 is 35.6 Å². The number of aromatic nitrogens is 2. The number of anilines is 1. The lowest BCUT2D eigenvalue weighted by molar-refractivity contribution is -0.220. The maximum atomic E-state index is 15.9. The zero-order chi connectivity index (χ0) is 61.1. The van der Waals surface area contributed by atoms with Gasteiger partial charge in [-0.1, -0.05) is 24.0 Å². The number of alkyl halides is 6. The summed E-state index contributed by atoms with van der Waals surface area (Å²) in [6, 6.07) is 3.34. The number of nitrogens with zero attached hydrogens (tertiary/aromatic N) is 5. The van der Waals surface area contributed by atoms with E-state index in [1.807, 2.05) is 10.6 Å². The number of amides is 4. The number of nitrogens with two attached hydrogens (primary N) is 1. The minimum atomic E-state index is -5.11. The number of carbonyl (C=O) groups excluding carboxylic acids is 4. The molecule has 2 aromatic carbocycles.